The van der Waals surface area contributed by atoms with Crippen LogP contribution in [0.25, 0.3) is 16.8 Å². The summed E-state index contributed by atoms with van der Waals surface area (Å²) < 4.78 is 1.50. The Hall–Kier alpha value is -3.19. The summed E-state index contributed by atoms with van der Waals surface area (Å²) in [6.45, 7) is 4.20. The quantitative estimate of drug-likeness (QED) is 0.662. The molecular formula is C23H29N5O2. The maximum absolute atomic E-state index is 11.9. The molecule has 0 amide bonds. The standard InChI is InChI=1S/C23H29N5O2/c1-26-11-17-13-28(14-18(17)12-26)22(25)6-5-20(24)19-4-3-15(9-21(19)29)16-7-8-27(2)23(30)10-16/h3-10,17-18,29H,11-14,24-25H2,1-2H3/b20-5-,22-6+/t17-,18?/m1/s1. The van der Waals surface area contributed by atoms with Crippen LogP contribution in [-0.2, 0) is 7.05 Å². The number of fused-ring (bicyclic) bond motifs is 1. The van der Waals surface area contributed by atoms with Crippen molar-refractivity contribution in [1.29, 1.82) is 0 Å². The molecule has 2 atom stereocenters. The van der Waals surface area contributed by atoms with Gasteiger partial charge in [0.2, 0.25) is 0 Å². The van der Waals surface area contributed by atoms with Crippen LogP contribution in [0.1, 0.15) is 5.56 Å². The molecule has 1 aromatic heterocycles. The molecule has 7 nitrogen and oxygen atoms in total. The van der Waals surface area contributed by atoms with Gasteiger partial charge in [0, 0.05) is 56.8 Å². The second-order valence-corrected chi connectivity index (χ2v) is 8.46. The van der Waals surface area contributed by atoms with Gasteiger partial charge in [-0.2, -0.15) is 0 Å². The van der Waals surface area contributed by atoms with Gasteiger partial charge in [0.25, 0.3) is 5.56 Å². The third-order valence-electron chi connectivity index (χ3n) is 6.21. The number of likely N-dealkylation sites (tertiary alicyclic amines) is 2. The Labute approximate surface area is 176 Å². The molecule has 7 heteroatoms. The van der Waals surface area contributed by atoms with Crippen molar-refractivity contribution in [2.75, 3.05) is 33.2 Å². The van der Waals surface area contributed by atoms with Crippen LogP contribution in [0, 0.1) is 11.8 Å². The first kappa shape index (κ1) is 20.1. The fourth-order valence-electron chi connectivity index (χ4n) is 4.49. The van der Waals surface area contributed by atoms with Gasteiger partial charge in [-0.25, -0.2) is 0 Å². The first-order chi connectivity index (χ1) is 14.3. The number of aromatic nitrogens is 1. The number of phenolic OH excluding ortho intramolecular Hbond substituents is 1. The summed E-state index contributed by atoms with van der Waals surface area (Å²) in [6, 6.07) is 8.60. The summed E-state index contributed by atoms with van der Waals surface area (Å²) in [6.07, 6.45) is 5.26. The summed E-state index contributed by atoms with van der Waals surface area (Å²) >= 11 is 0. The Morgan fingerprint density at radius 2 is 1.67 bits per heavy atom. The molecule has 2 fully saturated rings. The Morgan fingerprint density at radius 3 is 2.30 bits per heavy atom. The van der Waals surface area contributed by atoms with E-state index >= 15 is 0 Å². The Morgan fingerprint density at radius 1 is 1.00 bits per heavy atom. The van der Waals surface area contributed by atoms with Crippen molar-refractivity contribution in [3.05, 3.63) is 70.4 Å². The molecule has 1 aromatic carbocycles. The fraction of sp³-hybridized carbons (Fsp3) is 0.348. The normalized spacial score (nSPS) is 22.5. The van der Waals surface area contributed by atoms with Crippen LogP contribution in [0.15, 0.2) is 59.3 Å². The SMILES string of the molecule is CN1CC2CN(/C(N)=C/C=C(\N)c3ccc(-c4ccn(C)c(=O)c4)cc3O)C[C@H]2C1. The number of rotatable bonds is 4. The lowest BCUT2D eigenvalue weighted by molar-refractivity contribution is 0.319. The second-order valence-electron chi connectivity index (χ2n) is 8.46. The van der Waals surface area contributed by atoms with E-state index in [0.717, 1.165) is 37.3 Å². The topological polar surface area (TPSA) is 101 Å². The minimum Gasteiger partial charge on any atom is -0.507 e. The molecule has 2 saturated heterocycles. The number of aromatic hydroxyl groups is 1. The van der Waals surface area contributed by atoms with Crippen LogP contribution in [0.3, 0.4) is 0 Å². The molecule has 0 bridgehead atoms. The molecule has 4 rings (SSSR count). The van der Waals surface area contributed by atoms with Gasteiger partial charge in [-0.05, 0) is 60.4 Å². The fourth-order valence-corrected chi connectivity index (χ4v) is 4.49. The van der Waals surface area contributed by atoms with Crippen LogP contribution < -0.4 is 17.0 Å². The number of nitrogens with zero attached hydrogens (tertiary/aromatic N) is 3. The number of benzene rings is 1. The van der Waals surface area contributed by atoms with Crippen molar-refractivity contribution in [1.82, 2.24) is 14.4 Å². The average Bonchev–Trinajstić information content (AvgIpc) is 3.25. The van der Waals surface area contributed by atoms with Crippen LogP contribution in [0.2, 0.25) is 0 Å². The number of hydrogen-bond acceptors (Lipinski definition) is 6. The minimum absolute atomic E-state index is 0.0626. The summed E-state index contributed by atoms with van der Waals surface area (Å²) in [5.41, 5.74) is 14.9. The van der Waals surface area contributed by atoms with Crippen LogP contribution in [0.5, 0.6) is 5.75 Å². The highest BCUT2D eigenvalue weighted by Crippen LogP contribution is 2.32. The third-order valence-corrected chi connectivity index (χ3v) is 6.21. The Bertz CT molecular complexity index is 1060. The van der Waals surface area contributed by atoms with Crippen molar-refractivity contribution < 1.29 is 5.11 Å². The number of pyridine rings is 1. The molecule has 0 aliphatic carbocycles. The van der Waals surface area contributed by atoms with Crippen LogP contribution in [-0.4, -0.2) is 52.7 Å². The van der Waals surface area contributed by atoms with E-state index in [1.54, 1.807) is 37.5 Å². The van der Waals surface area contributed by atoms with Crippen molar-refractivity contribution in [3.8, 4) is 16.9 Å². The van der Waals surface area contributed by atoms with Crippen molar-refractivity contribution in [2.24, 2.45) is 30.4 Å². The molecule has 2 aliphatic rings. The molecule has 3 heterocycles. The monoisotopic (exact) mass is 407 g/mol. The predicted octanol–water partition coefficient (Wildman–Crippen LogP) is 1.35. The lowest BCUT2D eigenvalue weighted by Crippen LogP contribution is -2.29. The molecule has 5 N–H and O–H groups in total. The van der Waals surface area contributed by atoms with E-state index in [0.29, 0.717) is 28.9 Å². The van der Waals surface area contributed by atoms with Crippen molar-refractivity contribution in [2.45, 2.75) is 0 Å². The van der Waals surface area contributed by atoms with Gasteiger partial charge in [0.1, 0.15) is 5.75 Å². The number of nitrogens with two attached hydrogens (primary N) is 2. The molecule has 2 aliphatic heterocycles. The van der Waals surface area contributed by atoms with Crippen LogP contribution >= 0.6 is 0 Å². The van der Waals surface area contributed by atoms with Gasteiger partial charge >= 0.3 is 0 Å². The first-order valence-corrected chi connectivity index (χ1v) is 10.2. The molecule has 30 heavy (non-hydrogen) atoms. The molecule has 0 saturated carbocycles. The highest BCUT2D eigenvalue weighted by Gasteiger charge is 2.38. The number of phenols is 1. The van der Waals surface area contributed by atoms with Crippen LogP contribution in [0.4, 0.5) is 0 Å². The van der Waals surface area contributed by atoms with E-state index in [1.165, 1.54) is 4.57 Å². The molecule has 0 spiro atoms. The molecule has 0 radical (unpaired) electrons. The lowest BCUT2D eigenvalue weighted by atomic mass is 10.0. The first-order valence-electron chi connectivity index (χ1n) is 10.2. The average molecular weight is 408 g/mol. The highest BCUT2D eigenvalue weighted by atomic mass is 16.3. The summed E-state index contributed by atoms with van der Waals surface area (Å²) in [7, 11) is 3.87. The zero-order valence-corrected chi connectivity index (χ0v) is 17.5. The van der Waals surface area contributed by atoms with Crippen molar-refractivity contribution in [3.63, 3.8) is 0 Å². The largest absolute Gasteiger partial charge is 0.507 e. The maximum atomic E-state index is 11.9. The zero-order valence-electron chi connectivity index (χ0n) is 17.5. The van der Waals surface area contributed by atoms with E-state index in [-0.39, 0.29) is 11.3 Å². The Balaban J connectivity index is 1.49. The number of allylic oxidation sites excluding steroid dienone is 2. The molecule has 158 valence electrons. The van der Waals surface area contributed by atoms with Gasteiger partial charge in [-0.3, -0.25) is 4.79 Å². The van der Waals surface area contributed by atoms with E-state index in [4.69, 9.17) is 11.5 Å². The Kier molecular flexibility index (Phi) is 5.30. The van der Waals surface area contributed by atoms with Gasteiger partial charge in [0.05, 0.1) is 5.82 Å². The van der Waals surface area contributed by atoms with Gasteiger partial charge in [-0.15, -0.1) is 0 Å². The minimum atomic E-state index is -0.103. The summed E-state index contributed by atoms with van der Waals surface area (Å²) in [5, 5.41) is 10.5. The smallest absolute Gasteiger partial charge is 0.250 e. The van der Waals surface area contributed by atoms with E-state index in [9.17, 15) is 9.90 Å². The molecule has 2 aromatic rings. The lowest BCUT2D eigenvalue weighted by Gasteiger charge is -2.21. The highest BCUT2D eigenvalue weighted by molar-refractivity contribution is 5.74. The maximum Gasteiger partial charge on any atom is 0.250 e. The number of aryl methyl sites for hydroxylation is 1. The summed E-state index contributed by atoms with van der Waals surface area (Å²) in [4.78, 5) is 16.4. The third kappa shape index (κ3) is 3.93. The van der Waals surface area contributed by atoms with E-state index in [2.05, 4.69) is 16.8 Å². The molecular weight excluding hydrogens is 378 g/mol. The van der Waals surface area contributed by atoms with Crippen molar-refractivity contribution >= 4 is 5.70 Å². The predicted molar refractivity (Wildman–Crippen MR) is 119 cm³/mol. The zero-order chi connectivity index (χ0) is 21.4. The van der Waals surface area contributed by atoms with E-state index in [1.807, 2.05) is 18.2 Å². The van der Waals surface area contributed by atoms with Gasteiger partial charge < -0.3 is 30.9 Å². The number of hydrogen-bond donors (Lipinski definition) is 3. The summed E-state index contributed by atoms with van der Waals surface area (Å²) in [5.74, 6) is 2.11. The second kappa shape index (κ2) is 7.91. The van der Waals surface area contributed by atoms with E-state index < -0.39 is 0 Å². The molecule has 1 unspecified atom stereocenters. The van der Waals surface area contributed by atoms with Gasteiger partial charge in [0.15, 0.2) is 0 Å². The van der Waals surface area contributed by atoms with Gasteiger partial charge in [-0.1, -0.05) is 6.07 Å².